The summed E-state index contributed by atoms with van der Waals surface area (Å²) in [4.78, 5) is 24.5. The van der Waals surface area contributed by atoms with Crippen molar-refractivity contribution in [1.29, 1.82) is 0 Å². The molecule has 1 N–H and O–H groups in total. The van der Waals surface area contributed by atoms with Gasteiger partial charge in [0.25, 0.3) is 0 Å². The molecule has 4 nitrogen and oxygen atoms in total. The van der Waals surface area contributed by atoms with Crippen LogP contribution in [0.4, 0.5) is 0 Å². The minimum absolute atomic E-state index is 0.0606. The van der Waals surface area contributed by atoms with E-state index >= 15 is 0 Å². The molecular weight excluding hydrogens is 194 g/mol. The Balaban J connectivity index is 2.81. The minimum atomic E-state index is -0.882. The molecule has 0 aromatic carbocycles. The van der Waals surface area contributed by atoms with E-state index in [2.05, 4.69) is 0 Å². The van der Waals surface area contributed by atoms with Crippen molar-refractivity contribution in [3.63, 3.8) is 0 Å². The molecular formula is C11H19NO3. The van der Waals surface area contributed by atoms with Crippen LogP contribution in [0.25, 0.3) is 0 Å². The van der Waals surface area contributed by atoms with Gasteiger partial charge in [0.1, 0.15) is 6.04 Å². The van der Waals surface area contributed by atoms with Crippen molar-refractivity contribution in [3.05, 3.63) is 0 Å². The first kappa shape index (κ1) is 12.0. The van der Waals surface area contributed by atoms with Crippen molar-refractivity contribution >= 4 is 11.9 Å². The smallest absolute Gasteiger partial charge is 0.326 e. The third-order valence-corrected chi connectivity index (χ3v) is 2.69. The van der Waals surface area contributed by atoms with Crippen molar-refractivity contribution in [1.82, 2.24) is 4.90 Å². The summed E-state index contributed by atoms with van der Waals surface area (Å²) in [5.74, 6) is -0.943. The molecule has 4 heteroatoms. The van der Waals surface area contributed by atoms with Gasteiger partial charge in [0.15, 0.2) is 0 Å². The highest BCUT2D eigenvalue weighted by Crippen LogP contribution is 2.24. The Morgan fingerprint density at radius 3 is 2.33 bits per heavy atom. The van der Waals surface area contributed by atoms with Crippen molar-refractivity contribution in [2.75, 3.05) is 6.54 Å². The largest absolute Gasteiger partial charge is 0.480 e. The van der Waals surface area contributed by atoms with Crippen LogP contribution < -0.4 is 0 Å². The molecule has 1 atom stereocenters. The summed E-state index contributed by atoms with van der Waals surface area (Å²) in [6.45, 7) is 6.04. The lowest BCUT2D eigenvalue weighted by Gasteiger charge is -2.36. The fraction of sp³-hybridized carbons (Fsp3) is 0.818. The first-order chi connectivity index (χ1) is 6.84. The average molecular weight is 213 g/mol. The predicted octanol–water partition coefficient (Wildman–Crippen LogP) is 1.50. The van der Waals surface area contributed by atoms with E-state index in [4.69, 9.17) is 5.11 Å². The standard InChI is InChI=1S/C11H19NO3/c1-11(2,3)10(15)12-7-5-4-6-8(12)9(13)14/h8H,4-7H2,1-3H3,(H,13,14)/t8-/m0/s1. The average Bonchev–Trinajstić information content (AvgIpc) is 2.15. The summed E-state index contributed by atoms with van der Waals surface area (Å²) < 4.78 is 0. The number of hydrogen-bond acceptors (Lipinski definition) is 2. The lowest BCUT2D eigenvalue weighted by atomic mass is 9.91. The van der Waals surface area contributed by atoms with Crippen LogP contribution in [0.2, 0.25) is 0 Å². The number of aliphatic carboxylic acids is 1. The minimum Gasteiger partial charge on any atom is -0.480 e. The van der Waals surface area contributed by atoms with Gasteiger partial charge in [-0.25, -0.2) is 4.79 Å². The van der Waals surface area contributed by atoms with Crippen LogP contribution in [-0.4, -0.2) is 34.5 Å². The number of nitrogens with zero attached hydrogens (tertiary/aromatic N) is 1. The second kappa shape index (κ2) is 4.21. The van der Waals surface area contributed by atoms with Crippen LogP contribution in [-0.2, 0) is 9.59 Å². The van der Waals surface area contributed by atoms with E-state index in [9.17, 15) is 9.59 Å². The van der Waals surface area contributed by atoms with Gasteiger partial charge < -0.3 is 10.0 Å². The van der Waals surface area contributed by atoms with Crippen molar-refractivity contribution in [3.8, 4) is 0 Å². The Kier molecular flexibility index (Phi) is 3.37. The molecule has 0 bridgehead atoms. The quantitative estimate of drug-likeness (QED) is 0.718. The molecule has 0 saturated carbocycles. The third kappa shape index (κ3) is 2.70. The highest BCUT2D eigenvalue weighted by Gasteiger charge is 2.36. The second-order valence-corrected chi connectivity index (χ2v) is 5.10. The van der Waals surface area contributed by atoms with Gasteiger partial charge in [-0.1, -0.05) is 20.8 Å². The number of piperidine rings is 1. The fourth-order valence-corrected chi connectivity index (χ4v) is 1.86. The number of carbonyl (C=O) groups excluding carboxylic acids is 1. The Labute approximate surface area is 90.3 Å². The lowest BCUT2D eigenvalue weighted by molar-refractivity contribution is -0.155. The highest BCUT2D eigenvalue weighted by atomic mass is 16.4. The van der Waals surface area contributed by atoms with Crippen LogP contribution in [0.5, 0.6) is 0 Å². The second-order valence-electron chi connectivity index (χ2n) is 5.10. The maximum atomic E-state index is 12.0. The zero-order chi connectivity index (χ0) is 11.6. The summed E-state index contributed by atoms with van der Waals surface area (Å²) >= 11 is 0. The molecule has 1 rings (SSSR count). The van der Waals surface area contributed by atoms with E-state index in [-0.39, 0.29) is 5.91 Å². The zero-order valence-corrected chi connectivity index (χ0v) is 9.62. The molecule has 1 aliphatic heterocycles. The lowest BCUT2D eigenvalue weighted by Crippen LogP contribution is -2.51. The molecule has 1 fully saturated rings. The van der Waals surface area contributed by atoms with E-state index in [1.165, 1.54) is 4.90 Å². The van der Waals surface area contributed by atoms with Crippen molar-refractivity contribution < 1.29 is 14.7 Å². The van der Waals surface area contributed by atoms with Gasteiger partial charge in [-0.05, 0) is 19.3 Å². The topological polar surface area (TPSA) is 57.6 Å². The molecule has 0 unspecified atom stereocenters. The SMILES string of the molecule is CC(C)(C)C(=O)N1CCCC[C@H]1C(=O)O. The molecule has 0 aromatic heterocycles. The molecule has 0 aliphatic carbocycles. The monoisotopic (exact) mass is 213 g/mol. The maximum Gasteiger partial charge on any atom is 0.326 e. The van der Waals surface area contributed by atoms with Crippen LogP contribution in [0.1, 0.15) is 40.0 Å². The number of hydrogen-bond donors (Lipinski definition) is 1. The molecule has 1 saturated heterocycles. The van der Waals surface area contributed by atoms with Crippen LogP contribution in [0, 0.1) is 5.41 Å². The van der Waals surface area contributed by atoms with Crippen LogP contribution >= 0.6 is 0 Å². The van der Waals surface area contributed by atoms with Gasteiger partial charge in [0.2, 0.25) is 5.91 Å². The first-order valence-corrected chi connectivity index (χ1v) is 5.38. The number of carbonyl (C=O) groups is 2. The van der Waals surface area contributed by atoms with E-state index in [0.29, 0.717) is 13.0 Å². The normalized spacial score (nSPS) is 22.6. The molecule has 1 heterocycles. The molecule has 1 aliphatic rings. The number of carboxylic acids is 1. The number of likely N-dealkylation sites (tertiary alicyclic amines) is 1. The van der Waals surface area contributed by atoms with Crippen LogP contribution in [0.15, 0.2) is 0 Å². The summed E-state index contributed by atoms with van der Waals surface area (Å²) in [5, 5.41) is 9.03. The van der Waals surface area contributed by atoms with E-state index in [1.807, 2.05) is 20.8 Å². The van der Waals surface area contributed by atoms with Crippen molar-refractivity contribution in [2.24, 2.45) is 5.41 Å². The summed E-state index contributed by atoms with van der Waals surface area (Å²) in [6, 6.07) is -0.620. The van der Waals surface area contributed by atoms with E-state index in [0.717, 1.165) is 12.8 Å². The van der Waals surface area contributed by atoms with Gasteiger partial charge >= 0.3 is 5.97 Å². The Hall–Kier alpha value is -1.06. The molecule has 1 amide bonds. The van der Waals surface area contributed by atoms with Gasteiger partial charge in [0, 0.05) is 12.0 Å². The van der Waals surface area contributed by atoms with Gasteiger partial charge in [-0.15, -0.1) is 0 Å². The number of carboxylic acid groups (broad SMARTS) is 1. The molecule has 15 heavy (non-hydrogen) atoms. The maximum absolute atomic E-state index is 12.0. The van der Waals surface area contributed by atoms with E-state index in [1.54, 1.807) is 0 Å². The fourth-order valence-electron chi connectivity index (χ4n) is 1.86. The zero-order valence-electron chi connectivity index (χ0n) is 9.62. The van der Waals surface area contributed by atoms with Crippen LogP contribution in [0.3, 0.4) is 0 Å². The summed E-state index contributed by atoms with van der Waals surface area (Å²) in [7, 11) is 0. The summed E-state index contributed by atoms with van der Waals surface area (Å²) in [6.07, 6.45) is 2.38. The van der Waals surface area contributed by atoms with E-state index < -0.39 is 17.4 Å². The molecule has 0 aromatic rings. The number of rotatable bonds is 1. The Morgan fingerprint density at radius 2 is 1.87 bits per heavy atom. The third-order valence-electron chi connectivity index (χ3n) is 2.69. The van der Waals surface area contributed by atoms with Crippen molar-refractivity contribution in [2.45, 2.75) is 46.1 Å². The number of amides is 1. The van der Waals surface area contributed by atoms with Gasteiger partial charge in [0.05, 0.1) is 0 Å². The highest BCUT2D eigenvalue weighted by molar-refractivity contribution is 5.87. The molecule has 0 spiro atoms. The molecule has 86 valence electrons. The predicted molar refractivity (Wildman–Crippen MR) is 56.4 cm³/mol. The van der Waals surface area contributed by atoms with Gasteiger partial charge in [-0.2, -0.15) is 0 Å². The molecule has 0 radical (unpaired) electrons. The van der Waals surface area contributed by atoms with Gasteiger partial charge in [-0.3, -0.25) is 4.79 Å². The first-order valence-electron chi connectivity index (χ1n) is 5.38. The Morgan fingerprint density at radius 1 is 1.27 bits per heavy atom. The summed E-state index contributed by atoms with van der Waals surface area (Å²) in [5.41, 5.74) is -0.495. The Bertz CT molecular complexity index is 267.